The molecule has 0 aliphatic heterocycles. The van der Waals surface area contributed by atoms with Crippen LogP contribution >= 0.6 is 0 Å². The molecule has 0 aliphatic carbocycles. The fraction of sp³-hybridized carbons (Fsp3) is 0.516. The maximum atomic E-state index is 13.4. The Morgan fingerprint density at radius 3 is 2.21 bits per heavy atom. The van der Waals surface area contributed by atoms with E-state index in [1.807, 2.05) is 19.1 Å². The number of carbonyl (C=O) groups excluding carboxylic acids is 5. The molecule has 0 radical (unpaired) electrons. The van der Waals surface area contributed by atoms with Crippen molar-refractivity contribution >= 4 is 30.4 Å². The standard InChI is InChI=1S/C31H45N7O5/c1-3-18-38(31(43)28(35-23-40)19-25-11-16-34-17-12-25)21-29(41)37(2)20-26(6-4-5-13-32)30(42)36-27(22-39)8-7-24-9-14-33-15-10-24/h9-12,14-17,22-23,26-28H,3-8,13,18-21,32H2,1-2H3,(H,35,40)(H,36,42). The number of hydrogen-bond acceptors (Lipinski definition) is 8. The average Bonchev–Trinajstić information content (AvgIpc) is 3.02. The molecule has 2 rings (SSSR count). The van der Waals surface area contributed by atoms with Crippen LogP contribution < -0.4 is 16.4 Å². The number of nitrogens with zero attached hydrogens (tertiary/aromatic N) is 4. The molecule has 3 atom stereocenters. The summed E-state index contributed by atoms with van der Waals surface area (Å²) in [6, 6.07) is 5.75. The lowest BCUT2D eigenvalue weighted by Crippen LogP contribution is -2.51. The van der Waals surface area contributed by atoms with Gasteiger partial charge in [-0.15, -0.1) is 0 Å². The van der Waals surface area contributed by atoms with E-state index in [0.717, 1.165) is 23.8 Å². The van der Waals surface area contributed by atoms with Crippen LogP contribution in [0.5, 0.6) is 0 Å². The van der Waals surface area contributed by atoms with Gasteiger partial charge in [-0.3, -0.25) is 29.1 Å². The van der Waals surface area contributed by atoms with Crippen LogP contribution in [0.15, 0.2) is 49.1 Å². The Kier molecular flexibility index (Phi) is 16.2. The van der Waals surface area contributed by atoms with E-state index in [9.17, 15) is 24.0 Å². The smallest absolute Gasteiger partial charge is 0.245 e. The first-order chi connectivity index (χ1) is 20.8. The predicted octanol–water partition coefficient (Wildman–Crippen LogP) is 0.892. The summed E-state index contributed by atoms with van der Waals surface area (Å²) in [6.07, 6.45) is 11.6. The summed E-state index contributed by atoms with van der Waals surface area (Å²) in [4.78, 5) is 73.9. The quantitative estimate of drug-likeness (QED) is 0.141. The molecule has 0 spiro atoms. The fourth-order valence-electron chi connectivity index (χ4n) is 4.71. The van der Waals surface area contributed by atoms with E-state index >= 15 is 0 Å². The summed E-state index contributed by atoms with van der Waals surface area (Å²) in [6.45, 7) is 2.62. The summed E-state index contributed by atoms with van der Waals surface area (Å²) in [5.74, 6) is -1.57. The highest BCUT2D eigenvalue weighted by Crippen LogP contribution is 2.13. The Hall–Kier alpha value is -4.19. The lowest BCUT2D eigenvalue weighted by molar-refractivity contribution is -0.142. The Balaban J connectivity index is 2.06. The normalized spacial score (nSPS) is 12.8. The van der Waals surface area contributed by atoms with Crippen molar-refractivity contribution in [3.63, 3.8) is 0 Å². The van der Waals surface area contributed by atoms with Gasteiger partial charge < -0.3 is 31.0 Å². The highest BCUT2D eigenvalue weighted by Gasteiger charge is 2.29. The number of pyridine rings is 2. The minimum absolute atomic E-state index is 0.117. The van der Waals surface area contributed by atoms with Gasteiger partial charge in [0, 0.05) is 51.3 Å². The number of unbranched alkanes of at least 4 members (excludes halogenated alkanes) is 1. The van der Waals surface area contributed by atoms with Crippen molar-refractivity contribution in [2.24, 2.45) is 11.7 Å². The molecule has 234 valence electrons. The Morgan fingerprint density at radius 1 is 0.977 bits per heavy atom. The molecule has 4 N–H and O–H groups in total. The van der Waals surface area contributed by atoms with Gasteiger partial charge in [0.05, 0.1) is 18.5 Å². The van der Waals surface area contributed by atoms with Crippen LogP contribution in [-0.2, 0) is 36.8 Å². The van der Waals surface area contributed by atoms with Gasteiger partial charge in [-0.1, -0.05) is 13.3 Å². The van der Waals surface area contributed by atoms with Crippen LogP contribution in [0.1, 0.15) is 50.2 Å². The van der Waals surface area contributed by atoms with Crippen LogP contribution in [-0.4, -0.2) is 95.5 Å². The molecule has 0 bridgehead atoms. The first-order valence-corrected chi connectivity index (χ1v) is 14.8. The first-order valence-electron chi connectivity index (χ1n) is 14.8. The van der Waals surface area contributed by atoms with E-state index in [2.05, 4.69) is 20.6 Å². The lowest BCUT2D eigenvalue weighted by Gasteiger charge is -2.30. The van der Waals surface area contributed by atoms with Gasteiger partial charge in [-0.2, -0.15) is 0 Å². The lowest BCUT2D eigenvalue weighted by atomic mass is 9.99. The van der Waals surface area contributed by atoms with Crippen molar-refractivity contribution < 1.29 is 24.0 Å². The number of likely N-dealkylation sites (N-methyl/N-ethyl adjacent to an activating group) is 1. The number of aromatic nitrogens is 2. The molecule has 43 heavy (non-hydrogen) atoms. The number of aryl methyl sites for hydroxylation is 1. The maximum Gasteiger partial charge on any atom is 0.245 e. The highest BCUT2D eigenvalue weighted by atomic mass is 16.2. The molecule has 0 saturated heterocycles. The predicted molar refractivity (Wildman–Crippen MR) is 162 cm³/mol. The molecular formula is C31H45N7O5. The van der Waals surface area contributed by atoms with Gasteiger partial charge in [0.25, 0.3) is 0 Å². The van der Waals surface area contributed by atoms with Gasteiger partial charge in [0.1, 0.15) is 12.3 Å². The van der Waals surface area contributed by atoms with Gasteiger partial charge in [-0.25, -0.2) is 0 Å². The first kappa shape index (κ1) is 35.0. The topological polar surface area (TPSA) is 168 Å². The van der Waals surface area contributed by atoms with Gasteiger partial charge in [0.15, 0.2) is 0 Å². The van der Waals surface area contributed by atoms with Gasteiger partial charge >= 0.3 is 0 Å². The molecule has 12 nitrogen and oxygen atoms in total. The third-order valence-corrected chi connectivity index (χ3v) is 7.17. The zero-order valence-electron chi connectivity index (χ0n) is 25.2. The molecule has 0 aromatic carbocycles. The molecular weight excluding hydrogens is 550 g/mol. The molecule has 12 heteroatoms. The number of nitrogens with one attached hydrogen (secondary N) is 2. The third-order valence-electron chi connectivity index (χ3n) is 7.17. The number of hydrogen-bond donors (Lipinski definition) is 3. The van der Waals surface area contributed by atoms with E-state index in [4.69, 9.17) is 5.73 Å². The van der Waals surface area contributed by atoms with Crippen LogP contribution in [0.4, 0.5) is 0 Å². The largest absolute Gasteiger partial charge is 0.347 e. The van der Waals surface area contributed by atoms with E-state index in [-0.39, 0.29) is 37.2 Å². The van der Waals surface area contributed by atoms with Crippen molar-refractivity contribution in [2.75, 3.05) is 33.2 Å². The summed E-state index contributed by atoms with van der Waals surface area (Å²) in [5.41, 5.74) is 7.50. The van der Waals surface area contributed by atoms with E-state index < -0.39 is 18.0 Å². The Bertz CT molecular complexity index is 1140. The van der Waals surface area contributed by atoms with Crippen LogP contribution in [0.3, 0.4) is 0 Å². The second kappa shape index (κ2) is 19.8. The minimum Gasteiger partial charge on any atom is -0.347 e. The van der Waals surface area contributed by atoms with Crippen molar-refractivity contribution in [2.45, 2.75) is 64.0 Å². The molecule has 4 amide bonds. The maximum absolute atomic E-state index is 13.4. The SMILES string of the molecule is CCCN(CC(=O)N(C)CC(CCCCN)C(=O)NC(C=O)CCc1ccncc1)C(=O)C(Cc1ccncc1)NC=O. The van der Waals surface area contributed by atoms with Gasteiger partial charge in [-0.05, 0) is 74.0 Å². The Morgan fingerprint density at radius 2 is 1.63 bits per heavy atom. The summed E-state index contributed by atoms with van der Waals surface area (Å²) in [7, 11) is 1.60. The van der Waals surface area contributed by atoms with E-state index in [1.165, 1.54) is 9.80 Å². The van der Waals surface area contributed by atoms with Crippen LogP contribution in [0, 0.1) is 5.92 Å². The zero-order valence-corrected chi connectivity index (χ0v) is 25.2. The summed E-state index contributed by atoms with van der Waals surface area (Å²) >= 11 is 0. The van der Waals surface area contributed by atoms with E-state index in [1.54, 1.807) is 44.0 Å². The number of amides is 4. The molecule has 0 aliphatic rings. The number of aldehydes is 1. The fourth-order valence-corrected chi connectivity index (χ4v) is 4.71. The minimum atomic E-state index is -0.841. The monoisotopic (exact) mass is 595 g/mol. The number of carbonyl (C=O) groups is 5. The zero-order chi connectivity index (χ0) is 31.5. The van der Waals surface area contributed by atoms with Crippen LogP contribution in [0.2, 0.25) is 0 Å². The highest BCUT2D eigenvalue weighted by molar-refractivity contribution is 5.89. The van der Waals surface area contributed by atoms with Crippen molar-refractivity contribution in [3.8, 4) is 0 Å². The molecule has 2 aromatic heterocycles. The second-order valence-corrected chi connectivity index (χ2v) is 10.6. The van der Waals surface area contributed by atoms with E-state index in [0.29, 0.717) is 51.6 Å². The average molecular weight is 596 g/mol. The molecule has 3 unspecified atom stereocenters. The Labute approximate surface area is 253 Å². The molecule has 2 heterocycles. The van der Waals surface area contributed by atoms with Crippen molar-refractivity contribution in [1.29, 1.82) is 0 Å². The number of rotatable bonds is 21. The molecule has 0 saturated carbocycles. The summed E-state index contributed by atoms with van der Waals surface area (Å²) < 4.78 is 0. The van der Waals surface area contributed by atoms with Crippen molar-refractivity contribution in [3.05, 3.63) is 60.2 Å². The second-order valence-electron chi connectivity index (χ2n) is 10.6. The summed E-state index contributed by atoms with van der Waals surface area (Å²) in [5, 5.41) is 5.42. The molecule has 0 fully saturated rings. The van der Waals surface area contributed by atoms with Gasteiger partial charge in [0.2, 0.25) is 24.1 Å². The van der Waals surface area contributed by atoms with Crippen molar-refractivity contribution in [1.82, 2.24) is 30.4 Å². The molecule has 2 aromatic rings. The van der Waals surface area contributed by atoms with Crippen LogP contribution in [0.25, 0.3) is 0 Å². The number of nitrogens with two attached hydrogens (primary N) is 1. The third kappa shape index (κ3) is 12.7.